The van der Waals surface area contributed by atoms with Crippen LogP contribution in [0.15, 0.2) is 17.5 Å². The van der Waals surface area contributed by atoms with Crippen LogP contribution >= 0.6 is 0 Å². The van der Waals surface area contributed by atoms with Crippen LogP contribution in [0.2, 0.25) is 0 Å². The first kappa shape index (κ1) is 14.7. The van der Waals surface area contributed by atoms with E-state index in [0.717, 1.165) is 4.90 Å². The number of amides is 2. The summed E-state index contributed by atoms with van der Waals surface area (Å²) in [6.07, 6.45) is 1.47. The van der Waals surface area contributed by atoms with Crippen LogP contribution in [0.25, 0.3) is 0 Å². The molecule has 0 unspecified atom stereocenters. The second-order valence-electron chi connectivity index (χ2n) is 6.06. The highest BCUT2D eigenvalue weighted by atomic mass is 16.5. The lowest BCUT2D eigenvalue weighted by molar-refractivity contribution is -0.139. The lowest BCUT2D eigenvalue weighted by atomic mass is 9.78. The number of imide groups is 1. The molecule has 1 aromatic heterocycles. The maximum Gasteiger partial charge on any atom is 0.356 e. The molecule has 2 fully saturated rings. The van der Waals surface area contributed by atoms with E-state index in [1.807, 2.05) is 0 Å². The van der Waals surface area contributed by atoms with Gasteiger partial charge in [-0.25, -0.2) is 14.8 Å². The molecule has 4 atom stereocenters. The molecular formula is C15H14N4O5. The first-order chi connectivity index (χ1) is 11.5. The molecule has 24 heavy (non-hydrogen) atoms. The van der Waals surface area contributed by atoms with Gasteiger partial charge in [0.15, 0.2) is 0 Å². The zero-order chi connectivity index (χ0) is 17.2. The molecule has 0 aromatic carbocycles. The minimum Gasteiger partial charge on any atom is -0.461 e. The minimum absolute atomic E-state index is 0.107. The van der Waals surface area contributed by atoms with E-state index in [2.05, 4.69) is 10.3 Å². The number of hydrogen-bond acceptors (Lipinski definition) is 7. The second-order valence-corrected chi connectivity index (χ2v) is 6.06. The Morgan fingerprint density at radius 2 is 1.88 bits per heavy atom. The summed E-state index contributed by atoms with van der Waals surface area (Å²) < 4.78 is 4.93. The van der Waals surface area contributed by atoms with Crippen molar-refractivity contribution in [3.8, 4) is 0 Å². The number of ether oxygens (including phenoxy) is 1. The minimum atomic E-state index is -0.657. The molecule has 0 saturated carbocycles. The number of rotatable bonds is 3. The molecule has 9 nitrogen and oxygen atoms in total. The van der Waals surface area contributed by atoms with Gasteiger partial charge in [-0.05, 0) is 18.6 Å². The van der Waals surface area contributed by atoms with Crippen LogP contribution in [0, 0.1) is 16.7 Å². The summed E-state index contributed by atoms with van der Waals surface area (Å²) in [6, 6.07) is 0.269. The van der Waals surface area contributed by atoms with E-state index in [1.165, 1.54) is 24.3 Å². The van der Waals surface area contributed by atoms with Crippen LogP contribution in [0.5, 0.6) is 0 Å². The van der Waals surface area contributed by atoms with E-state index in [9.17, 15) is 19.3 Å². The Kier molecular flexibility index (Phi) is 2.96. The number of likely N-dealkylation sites (tertiary alicyclic amines) is 1. The van der Waals surface area contributed by atoms with Gasteiger partial charge in [0.2, 0.25) is 11.8 Å². The summed E-state index contributed by atoms with van der Waals surface area (Å²) in [7, 11) is 1.44. The van der Waals surface area contributed by atoms with Crippen LogP contribution in [0.1, 0.15) is 40.6 Å². The Labute approximate surface area is 136 Å². The van der Waals surface area contributed by atoms with E-state index in [1.54, 1.807) is 6.92 Å². The fourth-order valence-corrected chi connectivity index (χ4v) is 4.10. The van der Waals surface area contributed by atoms with Gasteiger partial charge >= 0.3 is 5.97 Å². The summed E-state index contributed by atoms with van der Waals surface area (Å²) in [6.45, 7) is 1.91. The highest BCUT2D eigenvalue weighted by Gasteiger charge is 2.67. The fourth-order valence-electron chi connectivity index (χ4n) is 4.10. The number of nitroso groups, excluding NO2 is 1. The van der Waals surface area contributed by atoms with E-state index in [0.29, 0.717) is 11.1 Å². The molecule has 2 amide bonds. The average molecular weight is 330 g/mol. The molecule has 0 radical (unpaired) electrons. The molecule has 9 heteroatoms. The summed E-state index contributed by atoms with van der Waals surface area (Å²) in [5.74, 6) is -2.50. The fraction of sp³-hybridized carbons (Fsp3) is 0.467. The Hall–Kier alpha value is -2.84. The van der Waals surface area contributed by atoms with Crippen molar-refractivity contribution in [2.45, 2.75) is 19.0 Å². The van der Waals surface area contributed by atoms with Crippen molar-refractivity contribution in [3.05, 3.63) is 34.0 Å². The van der Waals surface area contributed by atoms with Crippen LogP contribution in [-0.4, -0.2) is 46.3 Å². The number of carbonyl (C=O) groups excluding carboxylic acids is 3. The molecule has 124 valence electrons. The number of hydrogen-bond donors (Lipinski definition) is 0. The summed E-state index contributed by atoms with van der Waals surface area (Å²) in [5, 5.41) is 4.28. The van der Waals surface area contributed by atoms with Crippen molar-refractivity contribution < 1.29 is 19.1 Å². The quantitative estimate of drug-likeness (QED) is 0.453. The third-order valence-corrected chi connectivity index (χ3v) is 5.05. The standard InChI is InChI=1S/C15H14N4O5/c1-3-24-15(22)8-4-6-7(5-16-8)12-10-9(11(6)19(12)17-23)13(20)18(2)14(10)21/h4-5,9-12H,3H2,1-2H3/t9-,10+,11-,12+/m0/s1. The lowest BCUT2D eigenvalue weighted by Crippen LogP contribution is -2.31. The van der Waals surface area contributed by atoms with Gasteiger partial charge in [0, 0.05) is 18.8 Å². The van der Waals surface area contributed by atoms with Gasteiger partial charge in [0.1, 0.15) is 5.69 Å². The SMILES string of the molecule is CCOC(=O)c1cc2c(cn1)[C@@H]1[C@@H]3C(=O)N(C)C(=O)[C@@H]3[C@H]2N1N=O. The Bertz CT molecular complexity index is 794. The molecule has 2 saturated heterocycles. The van der Waals surface area contributed by atoms with Crippen molar-refractivity contribution in [1.29, 1.82) is 0 Å². The number of aromatic nitrogens is 1. The summed E-state index contributed by atoms with van der Waals surface area (Å²) >= 11 is 0. The number of carbonyl (C=O) groups is 3. The van der Waals surface area contributed by atoms with E-state index in [-0.39, 0.29) is 24.1 Å². The van der Waals surface area contributed by atoms with Crippen LogP contribution in [0.4, 0.5) is 0 Å². The van der Waals surface area contributed by atoms with Crippen molar-refractivity contribution in [2.75, 3.05) is 13.7 Å². The van der Waals surface area contributed by atoms with Crippen molar-refractivity contribution in [1.82, 2.24) is 14.9 Å². The van der Waals surface area contributed by atoms with E-state index < -0.39 is 29.9 Å². The van der Waals surface area contributed by atoms with Gasteiger partial charge in [-0.15, -0.1) is 4.91 Å². The molecule has 0 aliphatic carbocycles. The average Bonchev–Trinajstić information content (AvgIpc) is 3.16. The Balaban J connectivity index is 1.82. The monoisotopic (exact) mass is 330 g/mol. The molecule has 0 spiro atoms. The van der Waals surface area contributed by atoms with Crippen LogP contribution in [-0.2, 0) is 14.3 Å². The van der Waals surface area contributed by atoms with Crippen molar-refractivity contribution >= 4 is 17.8 Å². The van der Waals surface area contributed by atoms with Gasteiger partial charge in [0.25, 0.3) is 0 Å². The topological polar surface area (TPSA) is 109 Å². The number of esters is 1. The molecule has 4 heterocycles. The zero-order valence-corrected chi connectivity index (χ0v) is 13.0. The van der Waals surface area contributed by atoms with Gasteiger partial charge < -0.3 is 4.74 Å². The van der Waals surface area contributed by atoms with Gasteiger partial charge in [-0.3, -0.25) is 14.5 Å². The predicted octanol–water partition coefficient (Wildman–Crippen LogP) is 0.582. The first-order valence-electron chi connectivity index (χ1n) is 7.61. The number of nitrogens with zero attached hydrogens (tertiary/aromatic N) is 4. The predicted molar refractivity (Wildman–Crippen MR) is 78.1 cm³/mol. The van der Waals surface area contributed by atoms with E-state index in [4.69, 9.17) is 4.74 Å². The smallest absolute Gasteiger partial charge is 0.356 e. The lowest BCUT2D eigenvalue weighted by Gasteiger charge is -2.20. The number of fused-ring (bicyclic) bond motifs is 8. The van der Waals surface area contributed by atoms with Crippen molar-refractivity contribution in [2.24, 2.45) is 17.1 Å². The maximum absolute atomic E-state index is 12.4. The van der Waals surface area contributed by atoms with Crippen LogP contribution in [0.3, 0.4) is 0 Å². The zero-order valence-electron chi connectivity index (χ0n) is 13.0. The van der Waals surface area contributed by atoms with Crippen LogP contribution < -0.4 is 0 Å². The molecule has 2 bridgehead atoms. The summed E-state index contributed by atoms with van der Waals surface area (Å²) in [5.41, 5.74) is 1.40. The third-order valence-electron chi connectivity index (χ3n) is 5.05. The second kappa shape index (κ2) is 4.83. The first-order valence-corrected chi connectivity index (χ1v) is 7.61. The van der Waals surface area contributed by atoms with Crippen molar-refractivity contribution in [3.63, 3.8) is 0 Å². The summed E-state index contributed by atoms with van der Waals surface area (Å²) in [4.78, 5) is 53.1. The molecule has 3 aliphatic rings. The molecule has 4 rings (SSSR count). The number of pyridine rings is 1. The molecule has 3 aliphatic heterocycles. The van der Waals surface area contributed by atoms with Gasteiger partial charge in [-0.1, -0.05) is 0 Å². The normalized spacial score (nSPS) is 29.8. The maximum atomic E-state index is 12.4. The Morgan fingerprint density at radius 1 is 1.25 bits per heavy atom. The highest BCUT2D eigenvalue weighted by molar-refractivity contribution is 6.06. The van der Waals surface area contributed by atoms with Gasteiger partial charge in [0.05, 0.1) is 35.8 Å². The molecule has 0 N–H and O–H groups in total. The molecular weight excluding hydrogens is 316 g/mol. The van der Waals surface area contributed by atoms with Gasteiger partial charge in [-0.2, -0.15) is 0 Å². The van der Waals surface area contributed by atoms with E-state index >= 15 is 0 Å². The third kappa shape index (κ3) is 1.58. The Morgan fingerprint density at radius 3 is 2.46 bits per heavy atom. The largest absolute Gasteiger partial charge is 0.461 e. The molecule has 1 aromatic rings. The highest BCUT2D eigenvalue weighted by Crippen LogP contribution is 2.61.